The van der Waals surface area contributed by atoms with Crippen molar-refractivity contribution in [2.75, 3.05) is 11.5 Å². The highest BCUT2D eigenvalue weighted by Gasteiger charge is 1.95. The molecule has 1 heterocycles. The maximum atomic E-state index is 4.17. The van der Waals surface area contributed by atoms with E-state index in [1.165, 1.54) is 94.1 Å². The Bertz CT molecular complexity index is 326. The van der Waals surface area contributed by atoms with Gasteiger partial charge in [0.1, 0.15) is 0 Å². The molecule has 0 atom stereocenters. The number of rotatable bonds is 15. The molecule has 1 aromatic heterocycles. The van der Waals surface area contributed by atoms with Gasteiger partial charge in [0, 0.05) is 12.4 Å². The summed E-state index contributed by atoms with van der Waals surface area (Å²) >= 11 is 2.08. The van der Waals surface area contributed by atoms with Crippen LogP contribution in [0.1, 0.15) is 83.1 Å². The molecule has 22 heavy (non-hydrogen) atoms. The molecule has 1 nitrogen and oxygen atoms in total. The van der Waals surface area contributed by atoms with Crippen LogP contribution in [-0.2, 0) is 6.42 Å². The lowest BCUT2D eigenvalue weighted by Gasteiger charge is -2.03. The molecule has 2 heteroatoms. The van der Waals surface area contributed by atoms with Crippen molar-refractivity contribution in [1.82, 2.24) is 4.98 Å². The van der Waals surface area contributed by atoms with E-state index in [-0.39, 0.29) is 0 Å². The van der Waals surface area contributed by atoms with Crippen LogP contribution in [0.2, 0.25) is 0 Å². The van der Waals surface area contributed by atoms with Crippen molar-refractivity contribution in [2.24, 2.45) is 0 Å². The zero-order valence-corrected chi connectivity index (χ0v) is 15.4. The van der Waals surface area contributed by atoms with Crippen LogP contribution in [0, 0.1) is 0 Å². The molecule has 0 unspecified atom stereocenters. The Kier molecular flexibility index (Phi) is 13.7. The van der Waals surface area contributed by atoms with Gasteiger partial charge in [-0.05, 0) is 42.4 Å². The number of aryl methyl sites for hydroxylation is 1. The van der Waals surface area contributed by atoms with Crippen LogP contribution in [0.4, 0.5) is 0 Å². The van der Waals surface area contributed by atoms with Crippen LogP contribution in [0.5, 0.6) is 0 Å². The van der Waals surface area contributed by atoms with E-state index in [0.29, 0.717) is 0 Å². The molecule has 0 N–H and O–H groups in total. The molecular weight excluding hydrogens is 286 g/mol. The van der Waals surface area contributed by atoms with Gasteiger partial charge in [0.2, 0.25) is 0 Å². The second-order valence-corrected chi connectivity index (χ2v) is 7.59. The van der Waals surface area contributed by atoms with Gasteiger partial charge in [0.25, 0.3) is 0 Å². The molecule has 0 radical (unpaired) electrons. The second kappa shape index (κ2) is 15.4. The summed E-state index contributed by atoms with van der Waals surface area (Å²) in [4.78, 5) is 4.17. The maximum Gasteiger partial charge on any atom is 0.0299 e. The Labute approximate surface area is 142 Å². The summed E-state index contributed by atoms with van der Waals surface area (Å²) in [5.41, 5.74) is 1.39. The SMILES string of the molecule is CCSCCCCCCCCCCCCCc1cccnc1. The number of pyridine rings is 1. The van der Waals surface area contributed by atoms with E-state index < -0.39 is 0 Å². The zero-order valence-electron chi connectivity index (χ0n) is 14.6. The molecule has 0 aliphatic heterocycles. The lowest BCUT2D eigenvalue weighted by molar-refractivity contribution is 0.550. The summed E-state index contributed by atoms with van der Waals surface area (Å²) in [6, 6.07) is 4.23. The van der Waals surface area contributed by atoms with E-state index in [9.17, 15) is 0 Å². The van der Waals surface area contributed by atoms with Crippen molar-refractivity contribution in [1.29, 1.82) is 0 Å². The molecule has 0 saturated carbocycles. The molecule has 126 valence electrons. The first kappa shape index (κ1) is 19.5. The zero-order chi connectivity index (χ0) is 15.7. The monoisotopic (exact) mass is 321 g/mol. The largest absolute Gasteiger partial charge is 0.264 e. The third-order valence-electron chi connectivity index (χ3n) is 4.18. The average Bonchev–Trinajstić information content (AvgIpc) is 2.56. The summed E-state index contributed by atoms with van der Waals surface area (Å²) in [5, 5.41) is 0. The standard InChI is InChI=1S/C20H35NS/c1-2-22-18-13-11-9-7-5-3-4-6-8-10-12-15-20-16-14-17-21-19-20/h14,16-17,19H,2-13,15,18H2,1H3. The van der Waals surface area contributed by atoms with Gasteiger partial charge >= 0.3 is 0 Å². The highest BCUT2D eigenvalue weighted by atomic mass is 32.2. The smallest absolute Gasteiger partial charge is 0.0299 e. The van der Waals surface area contributed by atoms with Crippen LogP contribution in [0.25, 0.3) is 0 Å². The van der Waals surface area contributed by atoms with Gasteiger partial charge in [-0.25, -0.2) is 0 Å². The number of unbranched alkanes of at least 4 members (excludes halogenated alkanes) is 10. The first-order valence-electron chi connectivity index (χ1n) is 9.40. The molecule has 0 fully saturated rings. The van der Waals surface area contributed by atoms with Gasteiger partial charge in [-0.2, -0.15) is 11.8 Å². The highest BCUT2D eigenvalue weighted by Crippen LogP contribution is 2.13. The molecule has 1 rings (SSSR count). The first-order chi connectivity index (χ1) is 10.9. The number of aromatic nitrogens is 1. The molecule has 0 aliphatic rings. The van der Waals surface area contributed by atoms with Crippen molar-refractivity contribution < 1.29 is 0 Å². The summed E-state index contributed by atoms with van der Waals surface area (Å²) in [5.74, 6) is 2.65. The summed E-state index contributed by atoms with van der Waals surface area (Å²) in [6.07, 6.45) is 20.7. The Morgan fingerprint density at radius 3 is 1.95 bits per heavy atom. The number of hydrogen-bond donors (Lipinski definition) is 0. The Morgan fingerprint density at radius 1 is 0.818 bits per heavy atom. The lowest BCUT2D eigenvalue weighted by Crippen LogP contribution is -1.87. The van der Waals surface area contributed by atoms with Crippen LogP contribution in [-0.4, -0.2) is 16.5 Å². The van der Waals surface area contributed by atoms with Crippen molar-refractivity contribution in [3.63, 3.8) is 0 Å². The van der Waals surface area contributed by atoms with Gasteiger partial charge in [0.15, 0.2) is 0 Å². The molecule has 0 saturated heterocycles. The predicted octanol–water partition coefficient (Wildman–Crippen LogP) is 6.67. The van der Waals surface area contributed by atoms with Gasteiger partial charge in [-0.15, -0.1) is 0 Å². The summed E-state index contributed by atoms with van der Waals surface area (Å²) in [7, 11) is 0. The van der Waals surface area contributed by atoms with Crippen LogP contribution in [0.15, 0.2) is 24.5 Å². The van der Waals surface area contributed by atoms with Crippen molar-refractivity contribution in [2.45, 2.75) is 84.0 Å². The third kappa shape index (κ3) is 12.1. The third-order valence-corrected chi connectivity index (χ3v) is 5.17. The van der Waals surface area contributed by atoms with E-state index in [2.05, 4.69) is 29.7 Å². The van der Waals surface area contributed by atoms with Crippen molar-refractivity contribution in [3.8, 4) is 0 Å². The first-order valence-corrected chi connectivity index (χ1v) is 10.6. The van der Waals surface area contributed by atoms with Gasteiger partial charge < -0.3 is 0 Å². The Hall–Kier alpha value is -0.500. The quantitative estimate of drug-likeness (QED) is 0.335. The van der Waals surface area contributed by atoms with E-state index in [0.717, 1.165) is 0 Å². The molecule has 0 aromatic carbocycles. The number of hydrogen-bond acceptors (Lipinski definition) is 2. The fourth-order valence-corrected chi connectivity index (χ4v) is 3.51. The highest BCUT2D eigenvalue weighted by molar-refractivity contribution is 7.99. The Balaban J connectivity index is 1.73. The number of nitrogens with zero attached hydrogens (tertiary/aromatic N) is 1. The molecule has 0 spiro atoms. The average molecular weight is 322 g/mol. The molecular formula is C20H35NS. The van der Waals surface area contributed by atoms with E-state index in [4.69, 9.17) is 0 Å². The van der Waals surface area contributed by atoms with Crippen LogP contribution in [0.3, 0.4) is 0 Å². The Morgan fingerprint density at radius 2 is 1.41 bits per heavy atom. The van der Waals surface area contributed by atoms with Gasteiger partial charge in [-0.1, -0.05) is 70.8 Å². The van der Waals surface area contributed by atoms with Gasteiger partial charge in [-0.3, -0.25) is 4.98 Å². The van der Waals surface area contributed by atoms with Crippen molar-refractivity contribution >= 4 is 11.8 Å². The fraction of sp³-hybridized carbons (Fsp3) is 0.750. The number of thioether (sulfide) groups is 1. The lowest BCUT2D eigenvalue weighted by atomic mass is 10.0. The summed E-state index contributed by atoms with van der Waals surface area (Å²) in [6.45, 7) is 2.25. The minimum absolute atomic E-state index is 1.20. The van der Waals surface area contributed by atoms with Crippen LogP contribution < -0.4 is 0 Å². The molecule has 0 amide bonds. The predicted molar refractivity (Wildman–Crippen MR) is 102 cm³/mol. The van der Waals surface area contributed by atoms with E-state index >= 15 is 0 Å². The van der Waals surface area contributed by atoms with E-state index in [1.54, 1.807) is 0 Å². The van der Waals surface area contributed by atoms with Crippen molar-refractivity contribution in [3.05, 3.63) is 30.1 Å². The minimum Gasteiger partial charge on any atom is -0.264 e. The normalized spacial score (nSPS) is 11.0. The van der Waals surface area contributed by atoms with E-state index in [1.807, 2.05) is 18.5 Å². The minimum atomic E-state index is 1.20. The maximum absolute atomic E-state index is 4.17. The van der Waals surface area contributed by atoms with Crippen LogP contribution >= 0.6 is 11.8 Å². The molecule has 0 aliphatic carbocycles. The van der Waals surface area contributed by atoms with Gasteiger partial charge in [0.05, 0.1) is 0 Å². The molecule has 1 aromatic rings. The second-order valence-electron chi connectivity index (χ2n) is 6.20. The summed E-state index contributed by atoms with van der Waals surface area (Å²) < 4.78 is 0. The fourth-order valence-electron chi connectivity index (χ4n) is 2.81. The topological polar surface area (TPSA) is 12.9 Å². The molecule has 0 bridgehead atoms.